The molecule has 4 N–H and O–H groups in total. The third-order valence-electron chi connectivity index (χ3n) is 3.37. The monoisotopic (exact) mass is 353 g/mol. The lowest BCUT2D eigenvalue weighted by Crippen LogP contribution is -2.45. The summed E-state index contributed by atoms with van der Waals surface area (Å²) >= 11 is 12.0. The molecule has 0 bridgehead atoms. The van der Waals surface area contributed by atoms with Gasteiger partial charge in [0.25, 0.3) is 10.2 Å². The van der Waals surface area contributed by atoms with E-state index >= 15 is 0 Å². The summed E-state index contributed by atoms with van der Waals surface area (Å²) < 4.78 is 30.6. The number of hydrogen-bond acceptors (Lipinski definition) is 4. The molecule has 1 fully saturated rings. The molecule has 0 unspecified atom stereocenters. The van der Waals surface area contributed by atoms with Crippen molar-refractivity contribution in [3.8, 4) is 0 Å². The van der Waals surface area contributed by atoms with E-state index in [1.165, 1.54) is 0 Å². The van der Waals surface area contributed by atoms with Crippen molar-refractivity contribution in [1.82, 2.24) is 10.0 Å². The van der Waals surface area contributed by atoms with Crippen LogP contribution in [0.4, 0.5) is 0 Å². The average Bonchev–Trinajstić information content (AvgIpc) is 2.65. The van der Waals surface area contributed by atoms with Crippen LogP contribution in [-0.4, -0.2) is 34.7 Å². The van der Waals surface area contributed by atoms with Crippen molar-refractivity contribution in [3.05, 3.63) is 33.8 Å². The summed E-state index contributed by atoms with van der Waals surface area (Å²) in [5.74, 6) is 0. The molecule has 0 radical (unpaired) electrons. The largest absolute Gasteiger partial charge is 0.368 e. The second-order valence-corrected chi connectivity index (χ2v) is 7.03. The Morgan fingerprint density at radius 3 is 2.76 bits per heavy atom. The fourth-order valence-corrected chi connectivity index (χ4v) is 3.00. The molecule has 1 saturated heterocycles. The molecule has 1 heterocycles. The summed E-state index contributed by atoms with van der Waals surface area (Å²) in [4.78, 5) is 0. The lowest BCUT2D eigenvalue weighted by molar-refractivity contribution is -0.0382. The predicted molar refractivity (Wildman–Crippen MR) is 82.7 cm³/mol. The Labute approximate surface area is 134 Å². The van der Waals surface area contributed by atoms with Gasteiger partial charge in [0.1, 0.15) is 5.60 Å². The summed E-state index contributed by atoms with van der Waals surface area (Å²) in [6, 6.07) is 5.14. The van der Waals surface area contributed by atoms with Crippen LogP contribution in [0, 0.1) is 0 Å². The van der Waals surface area contributed by atoms with Gasteiger partial charge in [-0.25, -0.2) is 5.14 Å². The van der Waals surface area contributed by atoms with E-state index in [2.05, 4.69) is 10.0 Å². The van der Waals surface area contributed by atoms with E-state index in [9.17, 15) is 8.42 Å². The summed E-state index contributed by atoms with van der Waals surface area (Å²) in [7, 11) is -3.81. The lowest BCUT2D eigenvalue weighted by atomic mass is 9.90. The van der Waals surface area contributed by atoms with Crippen LogP contribution in [0.3, 0.4) is 0 Å². The molecule has 9 heteroatoms. The van der Waals surface area contributed by atoms with Gasteiger partial charge < -0.3 is 10.1 Å². The van der Waals surface area contributed by atoms with Crippen LogP contribution in [0.25, 0.3) is 0 Å². The summed E-state index contributed by atoms with van der Waals surface area (Å²) in [5, 5.41) is 9.05. The fraction of sp³-hybridized carbons (Fsp3) is 0.500. The molecule has 21 heavy (non-hydrogen) atoms. The first-order chi connectivity index (χ1) is 9.82. The highest BCUT2D eigenvalue weighted by molar-refractivity contribution is 7.87. The van der Waals surface area contributed by atoms with Gasteiger partial charge in [-0.05, 0) is 30.7 Å². The van der Waals surface area contributed by atoms with Crippen LogP contribution in [0.5, 0.6) is 0 Å². The lowest BCUT2D eigenvalue weighted by Gasteiger charge is -2.33. The Morgan fingerprint density at radius 2 is 2.10 bits per heavy atom. The number of nitrogens with one attached hydrogen (secondary N) is 2. The topological polar surface area (TPSA) is 93.5 Å². The van der Waals surface area contributed by atoms with Crippen molar-refractivity contribution in [2.24, 2.45) is 5.14 Å². The number of rotatable bonds is 4. The van der Waals surface area contributed by atoms with Gasteiger partial charge in [0.05, 0.1) is 16.7 Å². The second kappa shape index (κ2) is 6.78. The Balaban J connectivity index is 2.35. The highest BCUT2D eigenvalue weighted by Gasteiger charge is 2.35. The van der Waals surface area contributed by atoms with E-state index in [-0.39, 0.29) is 6.54 Å². The number of nitrogens with two attached hydrogens (primary N) is 1. The predicted octanol–water partition coefficient (Wildman–Crippen LogP) is 0.992. The van der Waals surface area contributed by atoms with E-state index in [0.29, 0.717) is 36.2 Å². The fourth-order valence-electron chi connectivity index (χ4n) is 2.27. The molecule has 2 rings (SSSR count). The minimum absolute atomic E-state index is 0.0332. The van der Waals surface area contributed by atoms with Gasteiger partial charge in [0.2, 0.25) is 0 Å². The molecular weight excluding hydrogens is 337 g/mol. The molecule has 118 valence electrons. The van der Waals surface area contributed by atoms with Gasteiger partial charge in [-0.2, -0.15) is 13.1 Å². The maximum atomic E-state index is 11.2. The van der Waals surface area contributed by atoms with E-state index < -0.39 is 15.8 Å². The highest BCUT2D eigenvalue weighted by atomic mass is 35.5. The maximum absolute atomic E-state index is 11.2. The zero-order valence-electron chi connectivity index (χ0n) is 11.2. The van der Waals surface area contributed by atoms with E-state index in [4.69, 9.17) is 33.1 Å². The Kier molecular flexibility index (Phi) is 5.48. The van der Waals surface area contributed by atoms with Crippen LogP contribution in [0.2, 0.25) is 10.0 Å². The van der Waals surface area contributed by atoms with Crippen molar-refractivity contribution in [3.63, 3.8) is 0 Å². The van der Waals surface area contributed by atoms with Crippen LogP contribution < -0.4 is 15.2 Å². The van der Waals surface area contributed by atoms with E-state index in [0.717, 1.165) is 5.56 Å². The zero-order chi connectivity index (χ0) is 15.5. The summed E-state index contributed by atoms with van der Waals surface area (Å²) in [6.07, 6.45) is 0.577. The first-order valence-electron chi connectivity index (χ1n) is 6.40. The van der Waals surface area contributed by atoms with Crippen LogP contribution in [-0.2, 0) is 20.5 Å². The van der Waals surface area contributed by atoms with Crippen LogP contribution >= 0.6 is 23.2 Å². The smallest absolute Gasteiger partial charge is 0.274 e. The SMILES string of the molecule is NS(=O)(=O)NC[C@]1(c2ccc(Cl)c(Cl)c2)CCNCCO1. The summed E-state index contributed by atoms with van der Waals surface area (Å²) in [6.45, 7) is 1.86. The minimum atomic E-state index is -3.81. The van der Waals surface area contributed by atoms with Crippen molar-refractivity contribution in [2.75, 3.05) is 26.2 Å². The normalized spacial score (nSPS) is 23.8. The Morgan fingerprint density at radius 1 is 1.33 bits per heavy atom. The third-order valence-corrected chi connectivity index (χ3v) is 4.65. The van der Waals surface area contributed by atoms with Gasteiger partial charge >= 0.3 is 0 Å². The molecule has 1 aliphatic rings. The molecule has 1 aliphatic heterocycles. The van der Waals surface area contributed by atoms with Gasteiger partial charge in [-0.1, -0.05) is 29.3 Å². The first kappa shape index (κ1) is 17.0. The minimum Gasteiger partial charge on any atom is -0.368 e. The molecule has 0 saturated carbocycles. The van der Waals surface area contributed by atoms with Gasteiger partial charge in [-0.3, -0.25) is 0 Å². The number of hydrogen-bond donors (Lipinski definition) is 3. The molecular formula is C12H17Cl2N3O3S. The van der Waals surface area contributed by atoms with Crippen LogP contribution in [0.15, 0.2) is 18.2 Å². The zero-order valence-corrected chi connectivity index (χ0v) is 13.6. The molecule has 0 amide bonds. The quantitative estimate of drug-likeness (QED) is 0.752. The molecule has 1 aromatic rings. The second-order valence-electron chi connectivity index (χ2n) is 4.84. The van der Waals surface area contributed by atoms with Crippen LogP contribution in [0.1, 0.15) is 12.0 Å². The highest BCUT2D eigenvalue weighted by Crippen LogP contribution is 2.34. The summed E-state index contributed by atoms with van der Waals surface area (Å²) in [5.41, 5.74) is -0.0683. The van der Waals surface area contributed by atoms with Gasteiger partial charge in [0.15, 0.2) is 0 Å². The molecule has 0 aromatic heterocycles. The standard InChI is InChI=1S/C12H17Cl2N3O3S/c13-10-2-1-9(7-11(10)14)12(8-17-21(15,18)19)3-4-16-5-6-20-12/h1-2,7,16-17H,3-6,8H2,(H2,15,18,19)/t12-/m0/s1. The van der Waals surface area contributed by atoms with Crippen molar-refractivity contribution < 1.29 is 13.2 Å². The van der Waals surface area contributed by atoms with E-state index in [1.54, 1.807) is 18.2 Å². The number of ether oxygens (including phenoxy) is 1. The number of benzene rings is 1. The Bertz CT molecular complexity index is 602. The van der Waals surface area contributed by atoms with Crippen molar-refractivity contribution >= 4 is 33.4 Å². The third kappa shape index (κ3) is 4.53. The molecule has 0 aliphatic carbocycles. The van der Waals surface area contributed by atoms with Gasteiger partial charge in [-0.15, -0.1) is 0 Å². The Hall–Kier alpha value is -0.410. The van der Waals surface area contributed by atoms with Crippen molar-refractivity contribution in [2.45, 2.75) is 12.0 Å². The first-order valence-corrected chi connectivity index (χ1v) is 8.70. The maximum Gasteiger partial charge on any atom is 0.274 e. The molecule has 1 aromatic carbocycles. The van der Waals surface area contributed by atoms with Crippen molar-refractivity contribution in [1.29, 1.82) is 0 Å². The molecule has 6 nitrogen and oxygen atoms in total. The van der Waals surface area contributed by atoms with Gasteiger partial charge in [0, 0.05) is 13.1 Å². The number of halogens is 2. The average molecular weight is 354 g/mol. The molecule has 0 spiro atoms. The van der Waals surface area contributed by atoms with E-state index in [1.807, 2.05) is 0 Å². The molecule has 1 atom stereocenters.